The topological polar surface area (TPSA) is 57.1 Å². The Kier molecular flexibility index (Phi) is 20.0. The maximum Gasteiger partial charge on any atom is 0.285 e. The average Bonchev–Trinajstić information content (AvgIpc) is 2.75. The van der Waals surface area contributed by atoms with Crippen LogP contribution in [0.25, 0.3) is 0 Å². The van der Waals surface area contributed by atoms with Gasteiger partial charge in [-0.1, -0.05) is 90.4 Å². The first-order valence-electron chi connectivity index (χ1n) is 11.9. The molecule has 1 unspecified atom stereocenters. The summed E-state index contributed by atoms with van der Waals surface area (Å²) in [6.45, 7) is 2.88. The number of ether oxygens (including phenoxy) is 3. The van der Waals surface area contributed by atoms with E-state index in [1.807, 2.05) is 0 Å². The minimum absolute atomic E-state index is 0.270. The Balaban J connectivity index is 4.09. The number of carbonyl (C=O) groups excluding carboxylic acids is 1. The molecule has 0 bridgehead atoms. The second-order valence-electron chi connectivity index (χ2n) is 8.06. The molecule has 0 fully saturated rings. The smallest absolute Gasteiger partial charge is 0.285 e. The standard InChI is InChI=1S/C24H47NO4/c1-5-6-7-8-13-16-19-23(24(27-2,28-3)29-4)20-17-14-11-9-10-12-15-18-21-25-22-26/h23H,5-21H2,1-4H3. The highest BCUT2D eigenvalue weighted by atomic mass is 16.9. The molecule has 172 valence electrons. The minimum atomic E-state index is -0.909. The third kappa shape index (κ3) is 14.0. The van der Waals surface area contributed by atoms with Crippen LogP contribution in [0.15, 0.2) is 4.99 Å². The zero-order valence-corrected chi connectivity index (χ0v) is 19.7. The number of methoxy groups -OCH3 is 3. The fraction of sp³-hybridized carbons (Fsp3) is 0.958. The maximum absolute atomic E-state index is 10.0. The van der Waals surface area contributed by atoms with Crippen LogP contribution in [0.5, 0.6) is 0 Å². The van der Waals surface area contributed by atoms with Crippen LogP contribution in [0.2, 0.25) is 0 Å². The van der Waals surface area contributed by atoms with Crippen molar-refractivity contribution >= 4 is 6.08 Å². The maximum atomic E-state index is 10.0. The minimum Gasteiger partial charge on any atom is -0.331 e. The quantitative estimate of drug-likeness (QED) is 0.0848. The van der Waals surface area contributed by atoms with Crippen molar-refractivity contribution < 1.29 is 19.0 Å². The fourth-order valence-corrected chi connectivity index (χ4v) is 4.11. The van der Waals surface area contributed by atoms with Gasteiger partial charge in [-0.25, -0.2) is 9.79 Å². The lowest BCUT2D eigenvalue weighted by atomic mass is 9.91. The first-order valence-corrected chi connectivity index (χ1v) is 11.9. The molecule has 0 aromatic heterocycles. The van der Waals surface area contributed by atoms with Crippen molar-refractivity contribution in [2.24, 2.45) is 10.9 Å². The summed E-state index contributed by atoms with van der Waals surface area (Å²) in [5.74, 6) is -0.639. The van der Waals surface area contributed by atoms with E-state index in [0.29, 0.717) is 6.54 Å². The molecule has 0 saturated carbocycles. The first kappa shape index (κ1) is 28.3. The van der Waals surface area contributed by atoms with Gasteiger partial charge in [0.2, 0.25) is 6.08 Å². The summed E-state index contributed by atoms with van der Waals surface area (Å²) < 4.78 is 17.0. The summed E-state index contributed by atoms with van der Waals surface area (Å²) in [7, 11) is 5.05. The number of nitrogens with zero attached hydrogens (tertiary/aromatic N) is 1. The van der Waals surface area contributed by atoms with Crippen LogP contribution in [-0.4, -0.2) is 39.9 Å². The summed E-state index contributed by atoms with van der Waals surface area (Å²) in [5, 5.41) is 0. The van der Waals surface area contributed by atoms with Gasteiger partial charge in [-0.05, 0) is 19.3 Å². The molecule has 0 rings (SSSR count). The van der Waals surface area contributed by atoms with Crippen molar-refractivity contribution in [2.75, 3.05) is 27.9 Å². The third-order valence-corrected chi connectivity index (χ3v) is 5.90. The summed E-state index contributed by atoms with van der Waals surface area (Å²) in [6, 6.07) is 0. The zero-order chi connectivity index (χ0) is 21.6. The Morgan fingerprint density at radius 3 is 1.52 bits per heavy atom. The van der Waals surface area contributed by atoms with E-state index in [1.54, 1.807) is 27.4 Å². The predicted molar refractivity (Wildman–Crippen MR) is 120 cm³/mol. The van der Waals surface area contributed by atoms with Gasteiger partial charge in [0.25, 0.3) is 5.97 Å². The molecule has 1 atom stereocenters. The summed E-state index contributed by atoms with van der Waals surface area (Å²) in [6.07, 6.45) is 21.2. The molecule has 5 nitrogen and oxygen atoms in total. The molecule has 0 aromatic rings. The largest absolute Gasteiger partial charge is 0.331 e. The van der Waals surface area contributed by atoms with Crippen molar-refractivity contribution in [1.82, 2.24) is 0 Å². The second kappa shape index (κ2) is 20.5. The van der Waals surface area contributed by atoms with E-state index in [1.165, 1.54) is 77.0 Å². The molecule has 5 heteroatoms. The van der Waals surface area contributed by atoms with Crippen molar-refractivity contribution in [3.8, 4) is 0 Å². The Morgan fingerprint density at radius 1 is 0.690 bits per heavy atom. The van der Waals surface area contributed by atoms with E-state index < -0.39 is 5.97 Å². The van der Waals surface area contributed by atoms with Gasteiger partial charge in [0.1, 0.15) is 0 Å². The predicted octanol–water partition coefficient (Wildman–Crippen LogP) is 6.79. The van der Waals surface area contributed by atoms with Crippen LogP contribution < -0.4 is 0 Å². The lowest BCUT2D eigenvalue weighted by Crippen LogP contribution is -2.44. The third-order valence-electron chi connectivity index (χ3n) is 5.90. The van der Waals surface area contributed by atoms with E-state index in [4.69, 9.17) is 14.2 Å². The molecule has 0 heterocycles. The molecular formula is C24H47NO4. The van der Waals surface area contributed by atoms with Gasteiger partial charge in [0.05, 0.1) is 6.54 Å². The van der Waals surface area contributed by atoms with Crippen LogP contribution in [0, 0.1) is 5.92 Å². The highest BCUT2D eigenvalue weighted by Gasteiger charge is 2.39. The Labute approximate surface area is 180 Å². The Bertz CT molecular complexity index is 384. The zero-order valence-electron chi connectivity index (χ0n) is 19.7. The molecule has 0 aliphatic heterocycles. The monoisotopic (exact) mass is 413 g/mol. The molecule has 0 N–H and O–H groups in total. The Hall–Kier alpha value is -0.740. The van der Waals surface area contributed by atoms with Crippen LogP contribution in [0.4, 0.5) is 0 Å². The van der Waals surface area contributed by atoms with Crippen molar-refractivity contribution in [1.29, 1.82) is 0 Å². The van der Waals surface area contributed by atoms with E-state index in [2.05, 4.69) is 11.9 Å². The molecule has 0 saturated heterocycles. The summed E-state index contributed by atoms with van der Waals surface area (Å²) >= 11 is 0. The molecular weight excluding hydrogens is 366 g/mol. The normalized spacial score (nSPS) is 12.7. The summed E-state index contributed by atoms with van der Waals surface area (Å²) in [4.78, 5) is 13.6. The Morgan fingerprint density at radius 2 is 1.10 bits per heavy atom. The van der Waals surface area contributed by atoms with Crippen molar-refractivity contribution in [2.45, 2.75) is 116 Å². The van der Waals surface area contributed by atoms with Gasteiger partial charge in [-0.15, -0.1) is 0 Å². The van der Waals surface area contributed by atoms with Crippen LogP contribution >= 0.6 is 0 Å². The van der Waals surface area contributed by atoms with Gasteiger partial charge < -0.3 is 14.2 Å². The molecule has 0 spiro atoms. The van der Waals surface area contributed by atoms with Gasteiger partial charge in [-0.2, -0.15) is 0 Å². The highest BCUT2D eigenvalue weighted by molar-refractivity contribution is 5.32. The van der Waals surface area contributed by atoms with Gasteiger partial charge in [-0.3, -0.25) is 0 Å². The number of unbranched alkanes of at least 4 members (excludes halogenated alkanes) is 12. The molecule has 0 amide bonds. The number of rotatable bonds is 22. The van der Waals surface area contributed by atoms with Crippen molar-refractivity contribution in [3.05, 3.63) is 0 Å². The van der Waals surface area contributed by atoms with Gasteiger partial charge in [0, 0.05) is 27.2 Å². The van der Waals surface area contributed by atoms with Crippen LogP contribution in [-0.2, 0) is 19.0 Å². The van der Waals surface area contributed by atoms with Crippen LogP contribution in [0.1, 0.15) is 110 Å². The number of isocyanates is 1. The molecule has 0 aromatic carbocycles. The number of aliphatic imine (C=N–C) groups is 1. The second-order valence-corrected chi connectivity index (χ2v) is 8.06. The number of hydrogen-bond acceptors (Lipinski definition) is 5. The molecule has 0 radical (unpaired) electrons. The number of hydrogen-bond donors (Lipinski definition) is 0. The average molecular weight is 414 g/mol. The molecule has 29 heavy (non-hydrogen) atoms. The molecule has 0 aliphatic rings. The van der Waals surface area contributed by atoms with E-state index in [0.717, 1.165) is 25.7 Å². The fourth-order valence-electron chi connectivity index (χ4n) is 4.11. The highest BCUT2D eigenvalue weighted by Crippen LogP contribution is 2.33. The van der Waals surface area contributed by atoms with E-state index in [9.17, 15) is 4.79 Å². The molecule has 0 aliphatic carbocycles. The SMILES string of the molecule is CCCCCCCCC(CCCCCCCCCCN=C=O)C(OC)(OC)OC. The first-order chi connectivity index (χ1) is 14.2. The lowest BCUT2D eigenvalue weighted by molar-refractivity contribution is -0.380. The van der Waals surface area contributed by atoms with Crippen LogP contribution in [0.3, 0.4) is 0 Å². The van der Waals surface area contributed by atoms with E-state index in [-0.39, 0.29) is 5.92 Å². The van der Waals surface area contributed by atoms with Gasteiger partial charge in [0.15, 0.2) is 0 Å². The lowest BCUT2D eigenvalue weighted by Gasteiger charge is -2.36. The van der Waals surface area contributed by atoms with Gasteiger partial charge >= 0.3 is 0 Å². The van der Waals surface area contributed by atoms with E-state index >= 15 is 0 Å². The van der Waals surface area contributed by atoms with Crippen molar-refractivity contribution in [3.63, 3.8) is 0 Å². The summed E-state index contributed by atoms with van der Waals surface area (Å²) in [5.41, 5.74) is 0.